The summed E-state index contributed by atoms with van der Waals surface area (Å²) in [7, 11) is 0. The smallest absolute Gasteiger partial charge is 0.138 e. The standard InChI is InChI=1S/C15H25N3S/c1-4-16-13-6-5-7-14-12(13)8-17-15(18-14)10-19-9-11(2)3/h8,11,13,16H,4-7,9-10H2,1-3H3. The normalized spacial score (nSPS) is 18.6. The van der Waals surface area contributed by atoms with Crippen molar-refractivity contribution in [3.05, 3.63) is 23.3 Å². The molecule has 0 aromatic carbocycles. The first kappa shape index (κ1) is 14.8. The second-order valence-electron chi connectivity index (χ2n) is 5.60. The molecular weight excluding hydrogens is 254 g/mol. The maximum absolute atomic E-state index is 4.77. The summed E-state index contributed by atoms with van der Waals surface area (Å²) in [6.07, 6.45) is 5.62. The number of aromatic nitrogens is 2. The second kappa shape index (κ2) is 7.25. The van der Waals surface area contributed by atoms with Crippen molar-refractivity contribution in [3.63, 3.8) is 0 Å². The van der Waals surface area contributed by atoms with Crippen LogP contribution >= 0.6 is 11.8 Å². The first-order valence-corrected chi connectivity index (χ1v) is 8.52. The molecule has 0 spiro atoms. The summed E-state index contributed by atoms with van der Waals surface area (Å²) in [6.45, 7) is 7.67. The number of nitrogens with one attached hydrogen (secondary N) is 1. The summed E-state index contributed by atoms with van der Waals surface area (Å²) in [5.74, 6) is 3.86. The number of rotatable bonds is 6. The van der Waals surface area contributed by atoms with Gasteiger partial charge in [0.2, 0.25) is 0 Å². The Morgan fingerprint density at radius 3 is 3.05 bits per heavy atom. The van der Waals surface area contributed by atoms with Crippen molar-refractivity contribution in [1.29, 1.82) is 0 Å². The van der Waals surface area contributed by atoms with Crippen LogP contribution in [0.3, 0.4) is 0 Å². The van der Waals surface area contributed by atoms with Crippen LogP contribution in [0.1, 0.15) is 56.7 Å². The van der Waals surface area contributed by atoms with Crippen LogP contribution in [0.4, 0.5) is 0 Å². The van der Waals surface area contributed by atoms with Gasteiger partial charge in [0.1, 0.15) is 5.82 Å². The van der Waals surface area contributed by atoms with Gasteiger partial charge in [-0.05, 0) is 37.5 Å². The van der Waals surface area contributed by atoms with Crippen molar-refractivity contribution in [1.82, 2.24) is 15.3 Å². The highest BCUT2D eigenvalue weighted by Gasteiger charge is 2.21. The Labute approximate surface area is 121 Å². The molecule has 0 fully saturated rings. The molecular formula is C15H25N3S. The Hall–Kier alpha value is -0.610. The Morgan fingerprint density at radius 1 is 1.47 bits per heavy atom. The molecule has 106 valence electrons. The molecule has 0 bridgehead atoms. The van der Waals surface area contributed by atoms with Crippen molar-refractivity contribution >= 4 is 11.8 Å². The van der Waals surface area contributed by atoms with Gasteiger partial charge in [-0.3, -0.25) is 0 Å². The lowest BCUT2D eigenvalue weighted by atomic mass is 9.92. The van der Waals surface area contributed by atoms with Gasteiger partial charge in [0.25, 0.3) is 0 Å². The van der Waals surface area contributed by atoms with Crippen LogP contribution in [0.2, 0.25) is 0 Å². The average Bonchev–Trinajstić information content (AvgIpc) is 2.39. The highest BCUT2D eigenvalue weighted by molar-refractivity contribution is 7.98. The molecule has 0 aliphatic heterocycles. The van der Waals surface area contributed by atoms with Crippen LogP contribution in [0.15, 0.2) is 6.20 Å². The van der Waals surface area contributed by atoms with E-state index in [1.807, 2.05) is 11.8 Å². The van der Waals surface area contributed by atoms with Gasteiger partial charge in [-0.2, -0.15) is 11.8 Å². The predicted molar refractivity (Wildman–Crippen MR) is 82.4 cm³/mol. The van der Waals surface area contributed by atoms with E-state index in [9.17, 15) is 0 Å². The lowest BCUT2D eigenvalue weighted by molar-refractivity contribution is 0.463. The summed E-state index contributed by atoms with van der Waals surface area (Å²) >= 11 is 1.94. The lowest BCUT2D eigenvalue weighted by Gasteiger charge is -2.25. The van der Waals surface area contributed by atoms with Crippen LogP contribution in [-0.2, 0) is 12.2 Å². The van der Waals surface area contributed by atoms with Crippen molar-refractivity contribution in [3.8, 4) is 0 Å². The van der Waals surface area contributed by atoms with Gasteiger partial charge in [0.15, 0.2) is 0 Å². The molecule has 1 aliphatic rings. The molecule has 4 heteroatoms. The molecule has 1 unspecified atom stereocenters. The number of thioether (sulfide) groups is 1. The summed E-state index contributed by atoms with van der Waals surface area (Å²) in [4.78, 5) is 9.32. The number of hydrogen-bond acceptors (Lipinski definition) is 4. The van der Waals surface area contributed by atoms with Crippen molar-refractivity contribution in [2.75, 3.05) is 12.3 Å². The van der Waals surface area contributed by atoms with E-state index >= 15 is 0 Å². The maximum atomic E-state index is 4.77. The number of aryl methyl sites for hydroxylation is 1. The molecule has 1 aromatic heterocycles. The monoisotopic (exact) mass is 279 g/mol. The van der Waals surface area contributed by atoms with E-state index in [0.29, 0.717) is 6.04 Å². The molecule has 0 radical (unpaired) electrons. The van der Waals surface area contributed by atoms with Gasteiger partial charge in [0, 0.05) is 23.5 Å². The third kappa shape index (κ3) is 4.18. The zero-order valence-corrected chi connectivity index (χ0v) is 13.1. The first-order chi connectivity index (χ1) is 9.20. The van der Waals surface area contributed by atoms with E-state index in [1.54, 1.807) is 0 Å². The third-order valence-corrected chi connectivity index (χ3v) is 4.73. The Kier molecular flexibility index (Phi) is 5.64. The number of nitrogens with zero attached hydrogens (tertiary/aromatic N) is 2. The number of fused-ring (bicyclic) bond motifs is 1. The van der Waals surface area contributed by atoms with Crippen molar-refractivity contribution < 1.29 is 0 Å². The largest absolute Gasteiger partial charge is 0.310 e. The minimum absolute atomic E-state index is 0.464. The van der Waals surface area contributed by atoms with Crippen LogP contribution in [0, 0.1) is 5.92 Å². The van der Waals surface area contributed by atoms with E-state index in [2.05, 4.69) is 37.3 Å². The summed E-state index contributed by atoms with van der Waals surface area (Å²) < 4.78 is 0. The van der Waals surface area contributed by atoms with E-state index in [-0.39, 0.29) is 0 Å². The van der Waals surface area contributed by atoms with Crippen molar-refractivity contribution in [2.45, 2.75) is 51.8 Å². The predicted octanol–water partition coefficient (Wildman–Crippen LogP) is 3.35. The zero-order valence-electron chi connectivity index (χ0n) is 12.3. The van der Waals surface area contributed by atoms with E-state index in [4.69, 9.17) is 4.98 Å². The van der Waals surface area contributed by atoms with Crippen LogP contribution in [-0.4, -0.2) is 22.3 Å². The highest BCUT2D eigenvalue weighted by atomic mass is 32.2. The van der Waals surface area contributed by atoms with E-state index < -0.39 is 0 Å². The second-order valence-corrected chi connectivity index (χ2v) is 6.63. The average molecular weight is 279 g/mol. The summed E-state index contributed by atoms with van der Waals surface area (Å²) in [5, 5.41) is 3.53. The molecule has 1 atom stereocenters. The zero-order chi connectivity index (χ0) is 13.7. The van der Waals surface area contributed by atoms with Crippen LogP contribution < -0.4 is 5.32 Å². The molecule has 0 amide bonds. The maximum Gasteiger partial charge on any atom is 0.138 e. The molecule has 1 aliphatic carbocycles. The molecule has 19 heavy (non-hydrogen) atoms. The molecule has 0 saturated heterocycles. The van der Waals surface area contributed by atoms with E-state index in [0.717, 1.165) is 30.5 Å². The fraction of sp³-hybridized carbons (Fsp3) is 0.733. The molecule has 0 saturated carbocycles. The van der Waals surface area contributed by atoms with Gasteiger partial charge in [0.05, 0.1) is 5.75 Å². The Balaban J connectivity index is 2.02. The van der Waals surface area contributed by atoms with Gasteiger partial charge < -0.3 is 5.32 Å². The number of hydrogen-bond donors (Lipinski definition) is 1. The Bertz CT molecular complexity index is 406. The van der Waals surface area contributed by atoms with E-state index in [1.165, 1.54) is 29.9 Å². The lowest BCUT2D eigenvalue weighted by Crippen LogP contribution is -2.26. The minimum atomic E-state index is 0.464. The summed E-state index contributed by atoms with van der Waals surface area (Å²) in [6, 6.07) is 0.464. The van der Waals surface area contributed by atoms with Crippen molar-refractivity contribution in [2.24, 2.45) is 5.92 Å². The highest BCUT2D eigenvalue weighted by Crippen LogP contribution is 2.28. The first-order valence-electron chi connectivity index (χ1n) is 7.36. The third-order valence-electron chi connectivity index (χ3n) is 3.36. The van der Waals surface area contributed by atoms with Gasteiger partial charge in [-0.15, -0.1) is 0 Å². The van der Waals surface area contributed by atoms with Crippen LogP contribution in [0.25, 0.3) is 0 Å². The van der Waals surface area contributed by atoms with Gasteiger partial charge >= 0.3 is 0 Å². The molecule has 1 aromatic rings. The Morgan fingerprint density at radius 2 is 2.32 bits per heavy atom. The molecule has 2 rings (SSSR count). The molecule has 1 heterocycles. The molecule has 1 N–H and O–H groups in total. The van der Waals surface area contributed by atoms with Gasteiger partial charge in [-0.1, -0.05) is 20.8 Å². The fourth-order valence-corrected chi connectivity index (χ4v) is 3.41. The fourth-order valence-electron chi connectivity index (χ4n) is 2.50. The molecule has 3 nitrogen and oxygen atoms in total. The van der Waals surface area contributed by atoms with Crippen LogP contribution in [0.5, 0.6) is 0 Å². The van der Waals surface area contributed by atoms with Gasteiger partial charge in [-0.25, -0.2) is 9.97 Å². The minimum Gasteiger partial charge on any atom is -0.310 e. The quantitative estimate of drug-likeness (QED) is 0.866. The summed E-state index contributed by atoms with van der Waals surface area (Å²) in [5.41, 5.74) is 2.60. The SMILES string of the molecule is CCNC1CCCc2nc(CSCC(C)C)ncc21. The topological polar surface area (TPSA) is 37.8 Å².